The number of nitrogens with one attached hydrogen (secondary N) is 2. The van der Waals surface area contributed by atoms with Crippen LogP contribution in [0.15, 0.2) is 12.3 Å². The van der Waals surface area contributed by atoms with Crippen LogP contribution in [0.3, 0.4) is 0 Å². The monoisotopic (exact) mass is 208 g/mol. The van der Waals surface area contributed by atoms with E-state index in [9.17, 15) is 4.79 Å². The molecule has 0 aromatic rings. The molecule has 15 heavy (non-hydrogen) atoms. The van der Waals surface area contributed by atoms with Gasteiger partial charge >= 0.3 is 6.03 Å². The van der Waals surface area contributed by atoms with Crippen LogP contribution >= 0.6 is 0 Å². The molecular formula is C12H20N2O. The summed E-state index contributed by atoms with van der Waals surface area (Å²) < 4.78 is 0. The van der Waals surface area contributed by atoms with Gasteiger partial charge in [-0.1, -0.05) is 32.8 Å². The van der Waals surface area contributed by atoms with Gasteiger partial charge in [0.25, 0.3) is 0 Å². The Hall–Kier alpha value is -0.990. The molecule has 1 unspecified atom stereocenters. The zero-order chi connectivity index (χ0) is 10.8. The summed E-state index contributed by atoms with van der Waals surface area (Å²) in [6.45, 7) is 6.17. The Kier molecular flexibility index (Phi) is 2.98. The lowest BCUT2D eigenvalue weighted by Crippen LogP contribution is -2.35. The number of carbonyl (C=O) groups excluding carboxylic acids is 1. The normalized spacial score (nSPS) is 36.2. The molecule has 2 fully saturated rings. The molecule has 1 saturated heterocycles. The highest BCUT2D eigenvalue weighted by molar-refractivity contribution is 5.80. The highest BCUT2D eigenvalue weighted by Crippen LogP contribution is 2.34. The Morgan fingerprint density at radius 1 is 1.33 bits per heavy atom. The van der Waals surface area contributed by atoms with Gasteiger partial charge in [0.2, 0.25) is 0 Å². The molecule has 1 saturated carbocycles. The maximum atomic E-state index is 11.1. The average molecular weight is 208 g/mol. The number of hydrogen-bond donors (Lipinski definition) is 2. The summed E-state index contributed by atoms with van der Waals surface area (Å²) >= 11 is 0. The molecule has 2 aliphatic rings. The van der Waals surface area contributed by atoms with Crippen molar-refractivity contribution >= 4 is 6.03 Å². The van der Waals surface area contributed by atoms with E-state index in [0.29, 0.717) is 5.92 Å². The van der Waals surface area contributed by atoms with Crippen LogP contribution in [0.5, 0.6) is 0 Å². The molecule has 0 bridgehead atoms. The van der Waals surface area contributed by atoms with E-state index in [-0.39, 0.29) is 12.1 Å². The van der Waals surface area contributed by atoms with E-state index in [1.807, 2.05) is 0 Å². The van der Waals surface area contributed by atoms with Crippen LogP contribution in [0.1, 0.15) is 39.0 Å². The van der Waals surface area contributed by atoms with E-state index >= 15 is 0 Å². The summed E-state index contributed by atoms with van der Waals surface area (Å²) in [6.07, 6.45) is 6.36. The van der Waals surface area contributed by atoms with Gasteiger partial charge in [0.05, 0.1) is 6.04 Å². The summed E-state index contributed by atoms with van der Waals surface area (Å²) in [4.78, 5) is 11.1. The van der Waals surface area contributed by atoms with Crippen molar-refractivity contribution in [2.24, 2.45) is 11.8 Å². The fourth-order valence-corrected chi connectivity index (χ4v) is 2.82. The van der Waals surface area contributed by atoms with E-state index in [1.165, 1.54) is 32.1 Å². The van der Waals surface area contributed by atoms with E-state index in [0.717, 1.165) is 11.6 Å². The minimum Gasteiger partial charge on any atom is -0.329 e. The van der Waals surface area contributed by atoms with Crippen molar-refractivity contribution in [1.82, 2.24) is 10.6 Å². The number of urea groups is 1. The van der Waals surface area contributed by atoms with Crippen molar-refractivity contribution < 1.29 is 4.79 Å². The first-order chi connectivity index (χ1) is 7.20. The van der Waals surface area contributed by atoms with Crippen molar-refractivity contribution in [3.8, 4) is 0 Å². The Bertz CT molecular complexity index is 267. The minimum atomic E-state index is -0.0809. The molecule has 1 aliphatic heterocycles. The van der Waals surface area contributed by atoms with Crippen LogP contribution in [0.2, 0.25) is 0 Å². The summed E-state index contributed by atoms with van der Waals surface area (Å²) in [5.74, 6) is 1.50. The van der Waals surface area contributed by atoms with Crippen LogP contribution in [0.4, 0.5) is 4.79 Å². The number of amides is 2. The lowest BCUT2D eigenvalue weighted by atomic mass is 9.77. The molecule has 0 aromatic carbocycles. The van der Waals surface area contributed by atoms with Crippen LogP contribution < -0.4 is 10.6 Å². The van der Waals surface area contributed by atoms with E-state index in [2.05, 4.69) is 24.1 Å². The van der Waals surface area contributed by atoms with Crippen LogP contribution in [-0.4, -0.2) is 12.1 Å². The highest BCUT2D eigenvalue weighted by Gasteiger charge is 2.33. The summed E-state index contributed by atoms with van der Waals surface area (Å²) in [5.41, 5.74) is 0.861. The minimum absolute atomic E-state index is 0.0809. The number of carbonyl (C=O) groups is 1. The fraction of sp³-hybridized carbons (Fsp3) is 0.750. The SMILES string of the molecule is C=C1NC(=O)NC1C1CCC(CC)CC1. The maximum absolute atomic E-state index is 11.1. The zero-order valence-corrected chi connectivity index (χ0v) is 9.38. The number of hydrogen-bond acceptors (Lipinski definition) is 1. The molecule has 2 rings (SSSR count). The molecule has 2 N–H and O–H groups in total. The van der Waals surface area contributed by atoms with Gasteiger partial charge in [0, 0.05) is 5.70 Å². The van der Waals surface area contributed by atoms with Crippen LogP contribution in [0, 0.1) is 11.8 Å². The van der Waals surface area contributed by atoms with E-state index in [4.69, 9.17) is 0 Å². The molecule has 2 amide bonds. The fourth-order valence-electron chi connectivity index (χ4n) is 2.82. The quantitative estimate of drug-likeness (QED) is 0.719. The Labute approximate surface area is 91.3 Å². The lowest BCUT2D eigenvalue weighted by Gasteiger charge is -2.31. The molecule has 1 aliphatic carbocycles. The predicted octanol–water partition coefficient (Wildman–Crippen LogP) is 2.40. The molecule has 0 spiro atoms. The highest BCUT2D eigenvalue weighted by atomic mass is 16.2. The van der Waals surface area contributed by atoms with Crippen molar-refractivity contribution in [3.05, 3.63) is 12.3 Å². The second-order valence-corrected chi connectivity index (χ2v) is 4.79. The Morgan fingerprint density at radius 2 is 2.00 bits per heavy atom. The second kappa shape index (κ2) is 4.25. The molecule has 3 nitrogen and oxygen atoms in total. The average Bonchev–Trinajstić information content (AvgIpc) is 2.58. The first-order valence-corrected chi connectivity index (χ1v) is 5.97. The number of rotatable bonds is 2. The first-order valence-electron chi connectivity index (χ1n) is 5.97. The molecule has 0 radical (unpaired) electrons. The standard InChI is InChI=1S/C12H20N2O/c1-3-9-4-6-10(7-5-9)11-8(2)13-12(15)14-11/h9-11H,2-7H2,1H3,(H2,13,14,15). The molecular weight excluding hydrogens is 188 g/mol. The second-order valence-electron chi connectivity index (χ2n) is 4.79. The van der Waals surface area contributed by atoms with E-state index in [1.54, 1.807) is 0 Å². The molecule has 0 aromatic heterocycles. The summed E-state index contributed by atoms with van der Waals surface area (Å²) in [7, 11) is 0. The van der Waals surface area contributed by atoms with Gasteiger partial charge in [-0.15, -0.1) is 0 Å². The summed E-state index contributed by atoms with van der Waals surface area (Å²) in [5, 5.41) is 5.70. The van der Waals surface area contributed by atoms with E-state index < -0.39 is 0 Å². The van der Waals surface area contributed by atoms with Gasteiger partial charge in [0.15, 0.2) is 0 Å². The molecule has 3 heteroatoms. The van der Waals surface area contributed by atoms with Gasteiger partial charge in [0.1, 0.15) is 0 Å². The topological polar surface area (TPSA) is 41.1 Å². The molecule has 84 valence electrons. The maximum Gasteiger partial charge on any atom is 0.319 e. The van der Waals surface area contributed by atoms with Gasteiger partial charge in [-0.2, -0.15) is 0 Å². The predicted molar refractivity (Wildman–Crippen MR) is 60.3 cm³/mol. The van der Waals surface area contributed by atoms with Gasteiger partial charge in [-0.25, -0.2) is 4.79 Å². The van der Waals surface area contributed by atoms with Crippen LogP contribution in [0.25, 0.3) is 0 Å². The molecule has 1 atom stereocenters. The third-order valence-corrected chi connectivity index (χ3v) is 3.88. The van der Waals surface area contributed by atoms with Gasteiger partial charge in [-0.05, 0) is 24.7 Å². The Morgan fingerprint density at radius 3 is 2.47 bits per heavy atom. The Balaban J connectivity index is 1.90. The zero-order valence-electron chi connectivity index (χ0n) is 9.38. The third kappa shape index (κ3) is 2.16. The van der Waals surface area contributed by atoms with Gasteiger partial charge in [-0.3, -0.25) is 0 Å². The first kappa shape index (κ1) is 10.5. The van der Waals surface area contributed by atoms with Crippen LogP contribution in [-0.2, 0) is 0 Å². The van der Waals surface area contributed by atoms with Crippen molar-refractivity contribution in [1.29, 1.82) is 0 Å². The van der Waals surface area contributed by atoms with Crippen molar-refractivity contribution in [2.75, 3.05) is 0 Å². The third-order valence-electron chi connectivity index (χ3n) is 3.88. The summed E-state index contributed by atoms with van der Waals surface area (Å²) in [6, 6.07) is 0.0953. The largest absolute Gasteiger partial charge is 0.329 e. The molecule has 1 heterocycles. The van der Waals surface area contributed by atoms with Gasteiger partial charge < -0.3 is 10.6 Å². The smallest absolute Gasteiger partial charge is 0.319 e. The van der Waals surface area contributed by atoms with Crippen molar-refractivity contribution in [3.63, 3.8) is 0 Å². The lowest BCUT2D eigenvalue weighted by molar-refractivity contribution is 0.230. The van der Waals surface area contributed by atoms with Crippen molar-refractivity contribution in [2.45, 2.75) is 45.1 Å².